The van der Waals surface area contributed by atoms with Crippen LogP contribution in [0, 0.1) is 16.6 Å². The summed E-state index contributed by atoms with van der Waals surface area (Å²) in [6.45, 7) is 0. The minimum Gasteiger partial charge on any atom is -0.265 e. The molecule has 0 aliphatic heterocycles. The summed E-state index contributed by atoms with van der Waals surface area (Å²) in [6, 6.07) is 5.72. The fourth-order valence-corrected chi connectivity index (χ4v) is 0.399. The third kappa shape index (κ3) is 6.35. The Labute approximate surface area is 74.7 Å². The number of nitrogens with zero attached hydrogens (tertiary/aromatic N) is 4. The molecular formula is C6H9N7. The molecule has 13 heavy (non-hydrogen) atoms. The average molecular weight is 179 g/mol. The van der Waals surface area contributed by atoms with Gasteiger partial charge in [-0.25, -0.2) is 16.6 Å². The number of rotatable bonds is 3. The average Bonchev–Trinajstić information content (AvgIpc) is 2.24. The first-order valence-corrected chi connectivity index (χ1v) is 3.30. The van der Waals surface area contributed by atoms with Gasteiger partial charge in [0.05, 0.1) is 0 Å². The molecule has 7 nitrogen and oxygen atoms in total. The SMILES string of the molecule is N=NC(N=N)N=N.c1ccncc1. The molecule has 1 rings (SSSR count). The standard InChI is InChI=1S/C5H5N.CH4N6/c1-2-4-6-5-3-1;2-5-1(6-3)7-4/h1-5H;1-4H. The molecule has 0 aliphatic rings. The zero-order valence-electron chi connectivity index (χ0n) is 6.75. The second-order valence-corrected chi connectivity index (χ2v) is 1.76. The van der Waals surface area contributed by atoms with Crippen LogP contribution in [0.1, 0.15) is 0 Å². The highest BCUT2D eigenvalue weighted by Crippen LogP contribution is 1.89. The van der Waals surface area contributed by atoms with Gasteiger partial charge in [-0.3, -0.25) is 4.98 Å². The van der Waals surface area contributed by atoms with Crippen molar-refractivity contribution < 1.29 is 0 Å². The molecule has 0 atom stereocenters. The van der Waals surface area contributed by atoms with E-state index in [1.807, 2.05) is 18.2 Å². The van der Waals surface area contributed by atoms with Gasteiger partial charge >= 0.3 is 0 Å². The van der Waals surface area contributed by atoms with E-state index in [0.717, 1.165) is 0 Å². The first-order chi connectivity index (χ1) is 6.35. The van der Waals surface area contributed by atoms with Gasteiger partial charge in [0.25, 0.3) is 6.29 Å². The smallest absolute Gasteiger partial charge is 0.265 e. The Balaban J connectivity index is 0.000000223. The maximum atomic E-state index is 6.16. The number of hydrogen-bond donors (Lipinski definition) is 3. The van der Waals surface area contributed by atoms with Gasteiger partial charge in [0.15, 0.2) is 0 Å². The fourth-order valence-electron chi connectivity index (χ4n) is 0.399. The van der Waals surface area contributed by atoms with Crippen LogP contribution in [-0.2, 0) is 0 Å². The van der Waals surface area contributed by atoms with Gasteiger partial charge in [-0.2, -0.15) is 0 Å². The second kappa shape index (κ2) is 8.05. The predicted octanol–water partition coefficient (Wildman–Crippen LogP) is 2.44. The first-order valence-electron chi connectivity index (χ1n) is 3.30. The van der Waals surface area contributed by atoms with E-state index >= 15 is 0 Å². The van der Waals surface area contributed by atoms with Crippen molar-refractivity contribution in [2.24, 2.45) is 15.3 Å². The molecule has 1 aromatic rings. The summed E-state index contributed by atoms with van der Waals surface area (Å²) < 4.78 is 0. The van der Waals surface area contributed by atoms with Crippen LogP contribution in [0.2, 0.25) is 0 Å². The van der Waals surface area contributed by atoms with Crippen molar-refractivity contribution in [3.63, 3.8) is 0 Å². The zero-order valence-corrected chi connectivity index (χ0v) is 6.75. The Kier molecular flexibility index (Phi) is 6.78. The maximum Gasteiger partial charge on any atom is 0.287 e. The molecule has 0 unspecified atom stereocenters. The lowest BCUT2D eigenvalue weighted by Crippen LogP contribution is -1.87. The largest absolute Gasteiger partial charge is 0.287 e. The minimum absolute atomic E-state index is 1.14. The summed E-state index contributed by atoms with van der Waals surface area (Å²) in [5.74, 6) is 0. The number of nitrogens with one attached hydrogen (secondary N) is 3. The van der Waals surface area contributed by atoms with E-state index in [4.69, 9.17) is 16.6 Å². The monoisotopic (exact) mass is 179 g/mol. The van der Waals surface area contributed by atoms with E-state index < -0.39 is 6.29 Å². The molecule has 3 N–H and O–H groups in total. The zero-order chi connectivity index (χ0) is 9.94. The fraction of sp³-hybridized carbons (Fsp3) is 0.167. The summed E-state index contributed by atoms with van der Waals surface area (Å²) >= 11 is 0. The Morgan fingerprint density at radius 1 is 0.846 bits per heavy atom. The Morgan fingerprint density at radius 3 is 1.38 bits per heavy atom. The summed E-state index contributed by atoms with van der Waals surface area (Å²) in [4.78, 5) is 3.78. The Bertz CT molecular complexity index is 201. The number of aromatic nitrogens is 1. The van der Waals surface area contributed by atoms with Crippen LogP contribution in [0.25, 0.3) is 0 Å². The van der Waals surface area contributed by atoms with Crippen LogP contribution in [0.3, 0.4) is 0 Å². The van der Waals surface area contributed by atoms with Crippen molar-refractivity contribution >= 4 is 0 Å². The van der Waals surface area contributed by atoms with E-state index in [9.17, 15) is 0 Å². The summed E-state index contributed by atoms with van der Waals surface area (Å²) in [7, 11) is 0. The van der Waals surface area contributed by atoms with Crippen LogP contribution >= 0.6 is 0 Å². The first kappa shape index (κ1) is 11.0. The lowest BCUT2D eigenvalue weighted by Gasteiger charge is -1.85. The molecule has 0 bridgehead atoms. The lowest BCUT2D eigenvalue weighted by molar-refractivity contribution is 0.595. The highest BCUT2D eigenvalue weighted by atomic mass is 15.3. The third-order valence-electron chi connectivity index (χ3n) is 0.913. The molecule has 0 amide bonds. The van der Waals surface area contributed by atoms with E-state index in [-0.39, 0.29) is 0 Å². The lowest BCUT2D eigenvalue weighted by atomic mass is 10.5. The van der Waals surface area contributed by atoms with Crippen molar-refractivity contribution in [2.45, 2.75) is 6.29 Å². The molecule has 0 aliphatic carbocycles. The molecule has 1 aromatic heterocycles. The van der Waals surface area contributed by atoms with Crippen LogP contribution in [0.4, 0.5) is 0 Å². The highest BCUT2D eigenvalue weighted by molar-refractivity contribution is 4.88. The van der Waals surface area contributed by atoms with Gasteiger partial charge in [0.2, 0.25) is 0 Å². The normalized spacial score (nSPS) is 10.2. The molecule has 68 valence electrons. The molecule has 0 radical (unpaired) electrons. The molecule has 7 heteroatoms. The van der Waals surface area contributed by atoms with Crippen molar-refractivity contribution in [1.82, 2.24) is 4.98 Å². The maximum absolute atomic E-state index is 6.16. The topological polar surface area (TPSA) is 122 Å². The van der Waals surface area contributed by atoms with E-state index in [1.165, 1.54) is 0 Å². The Morgan fingerprint density at radius 2 is 1.31 bits per heavy atom. The Hall–Kier alpha value is -2.05. The van der Waals surface area contributed by atoms with Crippen LogP contribution in [-0.4, -0.2) is 11.3 Å². The van der Waals surface area contributed by atoms with Gasteiger partial charge in [-0.1, -0.05) is 6.07 Å². The summed E-state index contributed by atoms with van der Waals surface area (Å²) in [5, 5.41) is 8.00. The van der Waals surface area contributed by atoms with Gasteiger partial charge in [0, 0.05) is 12.4 Å². The van der Waals surface area contributed by atoms with Crippen molar-refractivity contribution in [1.29, 1.82) is 16.6 Å². The molecule has 0 saturated heterocycles. The molecule has 1 heterocycles. The van der Waals surface area contributed by atoms with E-state index in [2.05, 4.69) is 20.3 Å². The van der Waals surface area contributed by atoms with E-state index in [0.29, 0.717) is 0 Å². The number of hydrogen-bond acceptors (Lipinski definition) is 7. The summed E-state index contributed by atoms with van der Waals surface area (Å²) in [5.41, 5.74) is 18.5. The van der Waals surface area contributed by atoms with Crippen LogP contribution < -0.4 is 0 Å². The van der Waals surface area contributed by atoms with Crippen LogP contribution in [0.5, 0.6) is 0 Å². The molecule has 0 fully saturated rings. The van der Waals surface area contributed by atoms with Gasteiger partial charge in [-0.15, -0.1) is 15.3 Å². The molecule has 0 aromatic carbocycles. The van der Waals surface area contributed by atoms with Crippen LogP contribution in [0.15, 0.2) is 45.9 Å². The summed E-state index contributed by atoms with van der Waals surface area (Å²) in [6.07, 6.45) is 2.36. The quantitative estimate of drug-likeness (QED) is 0.606. The van der Waals surface area contributed by atoms with Crippen molar-refractivity contribution in [3.8, 4) is 0 Å². The highest BCUT2D eigenvalue weighted by Gasteiger charge is 1.93. The molecular weight excluding hydrogens is 170 g/mol. The third-order valence-corrected chi connectivity index (χ3v) is 0.913. The second-order valence-electron chi connectivity index (χ2n) is 1.76. The predicted molar refractivity (Wildman–Crippen MR) is 43.5 cm³/mol. The van der Waals surface area contributed by atoms with Crippen molar-refractivity contribution in [3.05, 3.63) is 30.6 Å². The van der Waals surface area contributed by atoms with Gasteiger partial charge in [-0.05, 0) is 12.1 Å². The number of pyridine rings is 1. The van der Waals surface area contributed by atoms with Gasteiger partial charge in [0.1, 0.15) is 0 Å². The molecule has 0 spiro atoms. The minimum atomic E-state index is -1.14. The van der Waals surface area contributed by atoms with Crippen molar-refractivity contribution in [2.75, 3.05) is 0 Å². The molecule has 0 saturated carbocycles. The van der Waals surface area contributed by atoms with Gasteiger partial charge < -0.3 is 0 Å². The van der Waals surface area contributed by atoms with E-state index in [1.54, 1.807) is 12.4 Å².